The number of carbonyl (C=O) groups excluding carboxylic acids is 1. The van der Waals surface area contributed by atoms with E-state index in [4.69, 9.17) is 21.1 Å². The van der Waals surface area contributed by atoms with Gasteiger partial charge >= 0.3 is 0 Å². The van der Waals surface area contributed by atoms with E-state index in [0.717, 1.165) is 5.56 Å². The van der Waals surface area contributed by atoms with Crippen LogP contribution in [0.2, 0.25) is 5.35 Å². The summed E-state index contributed by atoms with van der Waals surface area (Å²) in [6.45, 7) is 2.10. The molecule has 2 rings (SSSR count). The zero-order valence-electron chi connectivity index (χ0n) is 10.3. The molecule has 1 heterocycles. The fraction of sp³-hybridized carbons (Fsp3) is 0.231. The predicted molar refractivity (Wildman–Crippen MR) is 70.4 cm³/mol. The Balaban J connectivity index is 1.87. The van der Waals surface area contributed by atoms with Crippen LogP contribution >= 0.6 is 11.6 Å². The number of nitrogens with one attached hydrogen (secondary N) is 1. The van der Waals surface area contributed by atoms with Gasteiger partial charge < -0.3 is 14.8 Å². The number of hydrogen-bond donors (Lipinski definition) is 2. The Bertz CT molecular complexity index is 578. The van der Waals surface area contributed by atoms with Gasteiger partial charge in [-0.25, -0.2) is 0 Å². The number of aromatic nitrogens is 1. The number of halogens is 1. The Morgan fingerprint density at radius 3 is 2.68 bits per heavy atom. The summed E-state index contributed by atoms with van der Waals surface area (Å²) in [5, 5.41) is 11.8. The van der Waals surface area contributed by atoms with Crippen LogP contribution in [-0.2, 0) is 6.42 Å². The molecule has 1 amide bonds. The van der Waals surface area contributed by atoms with Crippen LogP contribution in [0.15, 0.2) is 28.7 Å². The first-order valence-electron chi connectivity index (χ1n) is 5.75. The number of oxazole rings is 1. The third-order valence-corrected chi connectivity index (χ3v) is 2.78. The van der Waals surface area contributed by atoms with Gasteiger partial charge in [0, 0.05) is 6.54 Å². The van der Waals surface area contributed by atoms with E-state index in [9.17, 15) is 4.79 Å². The second-order valence-electron chi connectivity index (χ2n) is 4.04. The van der Waals surface area contributed by atoms with Crippen molar-refractivity contribution in [2.24, 2.45) is 0 Å². The largest absolute Gasteiger partial charge is 0.508 e. The fourth-order valence-electron chi connectivity index (χ4n) is 1.64. The number of phenolic OH excluding ortho intramolecular Hbond substituents is 1. The van der Waals surface area contributed by atoms with E-state index in [2.05, 4.69) is 10.3 Å². The Kier molecular flexibility index (Phi) is 4.06. The highest BCUT2D eigenvalue weighted by molar-refractivity contribution is 6.27. The van der Waals surface area contributed by atoms with Gasteiger partial charge in [-0.3, -0.25) is 4.79 Å². The lowest BCUT2D eigenvalue weighted by Gasteiger charge is -2.04. The van der Waals surface area contributed by atoms with Crippen LogP contribution in [0.3, 0.4) is 0 Å². The van der Waals surface area contributed by atoms with E-state index in [-0.39, 0.29) is 22.7 Å². The summed E-state index contributed by atoms with van der Waals surface area (Å²) in [7, 11) is 0. The summed E-state index contributed by atoms with van der Waals surface area (Å²) in [4.78, 5) is 15.6. The van der Waals surface area contributed by atoms with Crippen molar-refractivity contribution in [2.75, 3.05) is 6.54 Å². The Hall–Kier alpha value is -2.01. The van der Waals surface area contributed by atoms with Crippen LogP contribution in [-0.4, -0.2) is 22.5 Å². The summed E-state index contributed by atoms with van der Waals surface area (Å²) in [6.07, 6.45) is 0.663. The number of carbonyl (C=O) groups is 1. The number of amides is 1. The van der Waals surface area contributed by atoms with Crippen LogP contribution in [0, 0.1) is 6.92 Å². The van der Waals surface area contributed by atoms with E-state index in [1.165, 1.54) is 0 Å². The first kappa shape index (κ1) is 13.4. The highest BCUT2D eigenvalue weighted by atomic mass is 35.5. The van der Waals surface area contributed by atoms with Gasteiger partial charge in [-0.05, 0) is 42.6 Å². The van der Waals surface area contributed by atoms with Crippen LogP contribution < -0.4 is 5.32 Å². The smallest absolute Gasteiger partial charge is 0.293 e. The molecule has 5 nitrogen and oxygen atoms in total. The molecule has 0 radical (unpaired) electrons. The quantitative estimate of drug-likeness (QED) is 0.901. The molecule has 0 spiro atoms. The number of benzene rings is 1. The highest BCUT2D eigenvalue weighted by Crippen LogP contribution is 2.14. The summed E-state index contributed by atoms with van der Waals surface area (Å²) in [6, 6.07) is 6.83. The molecule has 2 N–H and O–H groups in total. The van der Waals surface area contributed by atoms with Crippen molar-refractivity contribution < 1.29 is 14.3 Å². The van der Waals surface area contributed by atoms with Crippen LogP contribution in [0.1, 0.15) is 21.8 Å². The van der Waals surface area contributed by atoms with Crippen LogP contribution in [0.4, 0.5) is 0 Å². The molecule has 0 aliphatic carbocycles. The average molecular weight is 281 g/mol. The van der Waals surface area contributed by atoms with Crippen molar-refractivity contribution in [3.05, 3.63) is 46.6 Å². The molecule has 0 saturated carbocycles. The molecule has 0 bridgehead atoms. The number of aryl methyl sites for hydroxylation is 1. The lowest BCUT2D eigenvalue weighted by Crippen LogP contribution is -2.26. The molecule has 1 aromatic heterocycles. The number of hydrogen-bond acceptors (Lipinski definition) is 4. The molecule has 1 aromatic carbocycles. The number of rotatable bonds is 4. The van der Waals surface area contributed by atoms with Gasteiger partial charge in [0.1, 0.15) is 11.5 Å². The van der Waals surface area contributed by atoms with Crippen LogP contribution in [0.5, 0.6) is 5.75 Å². The molecule has 19 heavy (non-hydrogen) atoms. The summed E-state index contributed by atoms with van der Waals surface area (Å²) >= 11 is 5.57. The first-order valence-corrected chi connectivity index (χ1v) is 6.13. The lowest BCUT2D eigenvalue weighted by molar-refractivity contribution is 0.0948. The Morgan fingerprint density at radius 1 is 1.42 bits per heavy atom. The maximum absolute atomic E-state index is 11.8. The third-order valence-electron chi connectivity index (χ3n) is 2.62. The second-order valence-corrected chi connectivity index (χ2v) is 4.37. The molecule has 0 unspecified atom stereocenters. The van der Waals surface area contributed by atoms with Crippen molar-refractivity contribution in [1.29, 1.82) is 0 Å². The molecule has 0 aliphatic rings. The zero-order valence-corrected chi connectivity index (χ0v) is 11.1. The van der Waals surface area contributed by atoms with Gasteiger partial charge in [0.25, 0.3) is 11.3 Å². The number of phenols is 1. The molecule has 0 aliphatic heterocycles. The number of nitrogens with zero attached hydrogens (tertiary/aromatic N) is 1. The first-order chi connectivity index (χ1) is 9.06. The summed E-state index contributed by atoms with van der Waals surface area (Å²) in [5.74, 6) is 0.305. The standard InChI is InChI=1S/C13H13ClN2O3/c1-8-11(16-13(14)19-8)12(18)15-7-6-9-2-4-10(17)5-3-9/h2-5,17H,6-7H2,1H3,(H,15,18). The van der Waals surface area contributed by atoms with Gasteiger partial charge in [-0.2, -0.15) is 4.98 Å². The molecule has 0 atom stereocenters. The Labute approximate surface area is 115 Å². The maximum atomic E-state index is 11.8. The predicted octanol–water partition coefficient (Wildman–Crippen LogP) is 2.31. The Morgan fingerprint density at radius 2 is 2.11 bits per heavy atom. The lowest BCUT2D eigenvalue weighted by atomic mass is 10.1. The van der Waals surface area contributed by atoms with Gasteiger partial charge in [-0.1, -0.05) is 12.1 Å². The number of aromatic hydroxyl groups is 1. The van der Waals surface area contributed by atoms with Gasteiger partial charge in [0.05, 0.1) is 0 Å². The van der Waals surface area contributed by atoms with Crippen molar-refractivity contribution in [3.8, 4) is 5.75 Å². The highest BCUT2D eigenvalue weighted by Gasteiger charge is 2.15. The summed E-state index contributed by atoms with van der Waals surface area (Å²) in [5.41, 5.74) is 1.23. The molecule has 2 aromatic rings. The molecule has 0 saturated heterocycles. The maximum Gasteiger partial charge on any atom is 0.293 e. The van der Waals surface area contributed by atoms with Gasteiger partial charge in [0.2, 0.25) is 0 Å². The zero-order chi connectivity index (χ0) is 13.8. The van der Waals surface area contributed by atoms with Gasteiger partial charge in [-0.15, -0.1) is 0 Å². The molecular formula is C13H13ClN2O3. The SMILES string of the molecule is Cc1oc(Cl)nc1C(=O)NCCc1ccc(O)cc1. The topological polar surface area (TPSA) is 75.4 Å². The van der Waals surface area contributed by atoms with E-state index in [0.29, 0.717) is 18.7 Å². The minimum Gasteiger partial charge on any atom is -0.508 e. The monoisotopic (exact) mass is 280 g/mol. The van der Waals surface area contributed by atoms with E-state index < -0.39 is 0 Å². The van der Waals surface area contributed by atoms with Crippen LogP contribution in [0.25, 0.3) is 0 Å². The van der Waals surface area contributed by atoms with E-state index in [1.807, 2.05) is 0 Å². The normalized spacial score (nSPS) is 10.4. The van der Waals surface area contributed by atoms with Crippen molar-refractivity contribution in [2.45, 2.75) is 13.3 Å². The van der Waals surface area contributed by atoms with E-state index >= 15 is 0 Å². The molecule has 6 heteroatoms. The minimum atomic E-state index is -0.313. The van der Waals surface area contributed by atoms with Gasteiger partial charge in [0.15, 0.2) is 5.69 Å². The average Bonchev–Trinajstić information content (AvgIpc) is 2.71. The summed E-state index contributed by atoms with van der Waals surface area (Å²) < 4.78 is 4.98. The molecule has 100 valence electrons. The molecule has 0 fully saturated rings. The second kappa shape index (κ2) is 5.75. The van der Waals surface area contributed by atoms with E-state index in [1.54, 1.807) is 31.2 Å². The third kappa shape index (κ3) is 3.48. The minimum absolute atomic E-state index is 0.0406. The van der Waals surface area contributed by atoms with Crippen molar-refractivity contribution in [1.82, 2.24) is 10.3 Å². The van der Waals surface area contributed by atoms with Crippen molar-refractivity contribution >= 4 is 17.5 Å². The molecular weight excluding hydrogens is 268 g/mol. The fourth-order valence-corrected chi connectivity index (χ4v) is 1.84. The van der Waals surface area contributed by atoms with Crippen molar-refractivity contribution in [3.63, 3.8) is 0 Å².